The Morgan fingerprint density at radius 1 is 1.20 bits per heavy atom. The molecule has 0 saturated heterocycles. The lowest BCUT2D eigenvalue weighted by Gasteiger charge is -1.15. The number of nitrogens with zero attached hydrogens (tertiary/aromatic N) is 2. The molecule has 0 rings (SSSR count). The van der Waals surface area contributed by atoms with Gasteiger partial charge in [-0.1, -0.05) is 0 Å². The van der Waals surface area contributed by atoms with Crippen molar-refractivity contribution in [2.75, 3.05) is 0 Å². The first-order valence-corrected chi connectivity index (χ1v) is 0.947. The molecule has 21 valence electrons. The van der Waals surface area contributed by atoms with Crippen LogP contribution in [-0.2, 0) is 0 Å². The van der Waals surface area contributed by atoms with Gasteiger partial charge in [-0.25, -0.2) is 0 Å². The van der Waals surface area contributed by atoms with Crippen LogP contribution in [0.5, 0.6) is 0 Å². The Morgan fingerprint density at radius 2 is 1.60 bits per heavy atom. The van der Waals surface area contributed by atoms with E-state index in [0.29, 0.717) is 0 Å². The highest BCUT2D eigenvalue weighted by atomic mass is 14.3. The SMILES string of the molecule is N#C[C+]C#N. The molecule has 5 heavy (non-hydrogen) atoms. The molecule has 0 N–H and O–H groups in total. The summed E-state index contributed by atoms with van der Waals surface area (Å²) in [7, 11) is 0. The van der Waals surface area contributed by atoms with Gasteiger partial charge in [0, 0.05) is 0 Å². The predicted octanol–water partition coefficient (Wildman–Crippen LogP) is 0.115. The van der Waals surface area contributed by atoms with E-state index in [1.165, 1.54) is 12.1 Å². The van der Waals surface area contributed by atoms with Crippen LogP contribution in [0.25, 0.3) is 0 Å². The summed E-state index contributed by atoms with van der Waals surface area (Å²) in [5.74, 6) is 0. The van der Waals surface area contributed by atoms with E-state index < -0.39 is 0 Å². The second kappa shape index (κ2) is 2.85. The van der Waals surface area contributed by atoms with Crippen LogP contribution in [0.1, 0.15) is 0 Å². The van der Waals surface area contributed by atoms with Gasteiger partial charge in [0.1, 0.15) is 0 Å². The molecule has 0 aliphatic rings. The Labute approximate surface area is 30.3 Å². The van der Waals surface area contributed by atoms with Crippen molar-refractivity contribution in [2.24, 2.45) is 0 Å². The highest BCUT2D eigenvalue weighted by Crippen LogP contribution is 1.57. The van der Waals surface area contributed by atoms with Gasteiger partial charge in [0.15, 0.2) is 0 Å². The van der Waals surface area contributed by atoms with Crippen molar-refractivity contribution in [1.82, 2.24) is 0 Å². The van der Waals surface area contributed by atoms with Gasteiger partial charge in [0.05, 0.1) is 0 Å². The lowest BCUT2D eigenvalue weighted by molar-refractivity contribution is 1.47. The quantitative estimate of drug-likeness (QED) is 0.375. The Kier molecular flexibility index (Phi) is 2.19. The Morgan fingerprint density at radius 3 is 1.60 bits per heavy atom. The monoisotopic (exact) mass is 64.0 g/mol. The lowest BCUT2D eigenvalue weighted by Crippen LogP contribution is -1.49. The minimum Gasteiger partial charge on any atom is -0.135 e. The number of hydrogen-bond acceptors (Lipinski definition) is 2. The van der Waals surface area contributed by atoms with Crippen molar-refractivity contribution in [2.45, 2.75) is 0 Å². The lowest BCUT2D eigenvalue weighted by atomic mass is 10.5. The molecular weight excluding hydrogens is 64.0 g/mol. The molecule has 0 saturated carbocycles. The Hall–Kier alpha value is -1.15. The normalized spacial score (nSPS) is 3.60. The minimum absolute atomic E-state index is 1.41. The van der Waals surface area contributed by atoms with E-state index in [1.807, 2.05) is 0 Å². The largest absolute Gasteiger partial charge is 0.531 e. The molecule has 0 aromatic rings. The molecule has 0 heterocycles. The number of rotatable bonds is 0. The first-order chi connectivity index (χ1) is 2.41. The van der Waals surface area contributed by atoms with Crippen LogP contribution in [-0.4, -0.2) is 0 Å². The highest BCUT2D eigenvalue weighted by molar-refractivity contribution is 5.08. The van der Waals surface area contributed by atoms with Gasteiger partial charge in [0.25, 0.3) is 0 Å². The van der Waals surface area contributed by atoms with Crippen molar-refractivity contribution in [1.29, 1.82) is 10.5 Å². The van der Waals surface area contributed by atoms with Gasteiger partial charge in [-0.05, 0) is 0 Å². The maximum Gasteiger partial charge on any atom is 0.531 e. The molecule has 2 heteroatoms. The third kappa shape index (κ3) is 2.85. The van der Waals surface area contributed by atoms with Crippen molar-refractivity contribution >= 4 is 0 Å². The average molecular weight is 64.0 g/mol. The molecule has 0 aromatic heterocycles. The van der Waals surface area contributed by atoms with Crippen LogP contribution in [0, 0.1) is 29.1 Å². The second-order valence-electron chi connectivity index (χ2n) is 0.349. The third-order valence-corrected chi connectivity index (χ3v) is 0.112. The zero-order chi connectivity index (χ0) is 4.12. The van der Waals surface area contributed by atoms with Crippen LogP contribution in [0.4, 0.5) is 0 Å². The van der Waals surface area contributed by atoms with E-state index in [4.69, 9.17) is 10.5 Å². The first-order valence-electron chi connectivity index (χ1n) is 0.947. The van der Waals surface area contributed by atoms with Crippen LogP contribution in [0.15, 0.2) is 0 Å². The van der Waals surface area contributed by atoms with Crippen molar-refractivity contribution in [3.05, 3.63) is 6.42 Å². The second-order valence-corrected chi connectivity index (χ2v) is 0.349. The summed E-state index contributed by atoms with van der Waals surface area (Å²) in [6, 6.07) is 2.81. The first kappa shape index (κ1) is 3.85. The molecule has 0 aliphatic carbocycles. The fourth-order valence-electron chi connectivity index (χ4n) is 0.0250. The molecule has 0 unspecified atom stereocenters. The zero-order valence-corrected chi connectivity index (χ0v) is 2.39. The van der Waals surface area contributed by atoms with Crippen molar-refractivity contribution in [3.63, 3.8) is 0 Å². The van der Waals surface area contributed by atoms with Gasteiger partial charge in [-0.15, -0.1) is 10.5 Å². The fraction of sp³-hybridized carbons (Fsp3) is 0. The summed E-state index contributed by atoms with van der Waals surface area (Å²) in [6.07, 6.45) is 1.72. The summed E-state index contributed by atoms with van der Waals surface area (Å²) in [4.78, 5) is 0. The molecule has 0 spiro atoms. The molecule has 0 fully saturated rings. The summed E-state index contributed by atoms with van der Waals surface area (Å²) in [5.41, 5.74) is 0. The van der Waals surface area contributed by atoms with Crippen LogP contribution >= 0.6 is 0 Å². The van der Waals surface area contributed by atoms with Crippen molar-refractivity contribution in [3.8, 4) is 12.1 Å². The standard InChI is InChI=1S/C3N2/c4-2-1-3-5/q+1. The zero-order valence-electron chi connectivity index (χ0n) is 2.39. The summed E-state index contributed by atoms with van der Waals surface area (Å²) >= 11 is 0. The predicted molar refractivity (Wildman–Crippen MR) is 14.5 cm³/mol. The van der Waals surface area contributed by atoms with E-state index in [0.717, 1.165) is 0 Å². The molecule has 0 aromatic carbocycles. The van der Waals surface area contributed by atoms with E-state index in [-0.39, 0.29) is 0 Å². The molecule has 1 radical (unpaired) electrons. The highest BCUT2D eigenvalue weighted by Gasteiger charge is 1.95. The van der Waals surface area contributed by atoms with Crippen molar-refractivity contribution < 1.29 is 0 Å². The van der Waals surface area contributed by atoms with E-state index in [2.05, 4.69) is 0 Å². The molecule has 0 amide bonds. The Bertz CT molecular complexity index is 70.0. The smallest absolute Gasteiger partial charge is 0.135 e. The third-order valence-electron chi connectivity index (χ3n) is 0.112. The van der Waals surface area contributed by atoms with Gasteiger partial charge < -0.3 is 0 Å². The summed E-state index contributed by atoms with van der Waals surface area (Å²) < 4.78 is 0. The van der Waals surface area contributed by atoms with Gasteiger partial charge >= 0.3 is 18.6 Å². The molecular formula is C3N2+. The van der Waals surface area contributed by atoms with Crippen LogP contribution in [0.2, 0.25) is 0 Å². The average Bonchev–Trinajstić information content (AvgIpc) is 1.41. The van der Waals surface area contributed by atoms with E-state index in [1.54, 1.807) is 6.42 Å². The van der Waals surface area contributed by atoms with Crippen LogP contribution in [0.3, 0.4) is 0 Å². The molecule has 0 atom stereocenters. The number of hydrogen-bond donors (Lipinski definition) is 0. The Balaban J connectivity index is 2.86. The van der Waals surface area contributed by atoms with Gasteiger partial charge in [0.2, 0.25) is 0 Å². The molecule has 0 aliphatic heterocycles. The van der Waals surface area contributed by atoms with Crippen LogP contribution < -0.4 is 0 Å². The molecule has 0 bridgehead atoms. The van der Waals surface area contributed by atoms with E-state index >= 15 is 0 Å². The number of nitriles is 2. The fourth-order valence-corrected chi connectivity index (χ4v) is 0.0250. The van der Waals surface area contributed by atoms with Gasteiger partial charge in [-0.3, -0.25) is 0 Å². The summed E-state index contributed by atoms with van der Waals surface area (Å²) in [6.45, 7) is 0. The van der Waals surface area contributed by atoms with E-state index in [9.17, 15) is 0 Å². The topological polar surface area (TPSA) is 47.6 Å². The maximum atomic E-state index is 7.48. The summed E-state index contributed by atoms with van der Waals surface area (Å²) in [5, 5.41) is 15.0. The maximum absolute atomic E-state index is 7.48. The minimum atomic E-state index is 1.41. The molecule has 2 nitrogen and oxygen atoms in total. The van der Waals surface area contributed by atoms with Gasteiger partial charge in [-0.2, -0.15) is 0 Å².